The smallest absolute Gasteiger partial charge is 0.247 e. The summed E-state index contributed by atoms with van der Waals surface area (Å²) < 4.78 is 5.23. The van der Waals surface area contributed by atoms with Crippen molar-refractivity contribution < 1.29 is 19.2 Å². The van der Waals surface area contributed by atoms with Crippen molar-refractivity contribution in [2.45, 2.75) is 26.8 Å². The van der Waals surface area contributed by atoms with Crippen LogP contribution in [0.15, 0.2) is 29.3 Å². The molecule has 29 heavy (non-hydrogen) atoms. The molecule has 1 N–H and O–H groups in total. The average molecular weight is 420 g/mol. The standard InChI is InChI=1S/C21H30N4O3S/c1-7-24-19(26)18(20(27)25(8-2)21(24)29)14(3)22-13-17(23(4)5)15-9-11-16(28-6)12-10-15/h9-12,17-18H,7-8,13H2,1-6H3/p+1/t17-/m1/s1. The zero-order valence-electron chi connectivity index (χ0n) is 18.1. The molecule has 2 amide bonds. The van der Waals surface area contributed by atoms with Gasteiger partial charge in [0.2, 0.25) is 11.8 Å². The van der Waals surface area contributed by atoms with E-state index in [0.717, 1.165) is 11.3 Å². The van der Waals surface area contributed by atoms with Gasteiger partial charge in [0.05, 0.1) is 27.7 Å². The number of ether oxygens (including phenoxy) is 1. The minimum absolute atomic E-state index is 0.0929. The van der Waals surface area contributed by atoms with Gasteiger partial charge in [0.25, 0.3) is 0 Å². The number of methoxy groups -OCH3 is 1. The lowest BCUT2D eigenvalue weighted by atomic mass is 9.98. The molecule has 0 aliphatic carbocycles. The number of carbonyl (C=O) groups excluding carboxylic acids is 2. The summed E-state index contributed by atoms with van der Waals surface area (Å²) >= 11 is 5.32. The van der Waals surface area contributed by atoms with Crippen molar-refractivity contribution in [3.05, 3.63) is 29.8 Å². The molecule has 0 spiro atoms. The number of hydrogen-bond donors (Lipinski definition) is 1. The molecule has 1 heterocycles. The van der Waals surface area contributed by atoms with Gasteiger partial charge in [-0.2, -0.15) is 0 Å². The molecule has 158 valence electrons. The van der Waals surface area contributed by atoms with Crippen molar-refractivity contribution in [3.8, 4) is 5.75 Å². The Bertz CT molecular complexity index is 766. The molecule has 1 aliphatic heterocycles. The monoisotopic (exact) mass is 419 g/mol. The number of rotatable bonds is 8. The minimum atomic E-state index is -0.907. The second-order valence-electron chi connectivity index (χ2n) is 7.27. The average Bonchev–Trinajstić information content (AvgIpc) is 2.69. The Morgan fingerprint density at radius 2 is 1.66 bits per heavy atom. The zero-order chi connectivity index (χ0) is 21.7. The van der Waals surface area contributed by atoms with Gasteiger partial charge in [-0.3, -0.25) is 24.4 Å². The van der Waals surface area contributed by atoms with E-state index < -0.39 is 5.92 Å². The van der Waals surface area contributed by atoms with E-state index in [-0.39, 0.29) is 23.0 Å². The van der Waals surface area contributed by atoms with Gasteiger partial charge in [-0.1, -0.05) is 0 Å². The molecule has 2 rings (SSSR count). The zero-order valence-corrected chi connectivity index (χ0v) is 18.9. The second-order valence-corrected chi connectivity index (χ2v) is 7.63. The molecular formula is C21H31N4O3S+. The summed E-state index contributed by atoms with van der Waals surface area (Å²) in [4.78, 5) is 34.6. The van der Waals surface area contributed by atoms with Crippen molar-refractivity contribution in [2.75, 3.05) is 40.8 Å². The number of aliphatic imine (C=N–C) groups is 1. The number of nitrogens with zero attached hydrogens (tertiary/aromatic N) is 3. The number of benzene rings is 1. The van der Waals surface area contributed by atoms with Crippen LogP contribution < -0.4 is 9.64 Å². The maximum atomic E-state index is 12.9. The van der Waals surface area contributed by atoms with Gasteiger partial charge >= 0.3 is 0 Å². The quantitative estimate of drug-likeness (QED) is 0.387. The molecular weight excluding hydrogens is 388 g/mol. The lowest BCUT2D eigenvalue weighted by molar-refractivity contribution is -0.890. The first-order valence-corrected chi connectivity index (χ1v) is 10.3. The summed E-state index contributed by atoms with van der Waals surface area (Å²) in [5.41, 5.74) is 1.65. The van der Waals surface area contributed by atoms with Crippen molar-refractivity contribution in [2.24, 2.45) is 10.9 Å². The molecule has 8 heteroatoms. The number of thiocarbonyl (C=S) groups is 1. The summed E-state index contributed by atoms with van der Waals surface area (Å²) in [5.74, 6) is -0.678. The SMILES string of the molecule is CCN1C(=O)C(C(C)=NC[C@H](c2ccc(OC)cc2)[NH+](C)C)C(=O)N(CC)C1=S. The van der Waals surface area contributed by atoms with Gasteiger partial charge in [-0.15, -0.1) is 0 Å². The Morgan fingerprint density at radius 3 is 2.07 bits per heavy atom. The molecule has 1 aromatic rings. The van der Waals surface area contributed by atoms with E-state index in [1.165, 1.54) is 14.7 Å². The Hall–Kier alpha value is -2.32. The van der Waals surface area contributed by atoms with Crippen LogP contribution in [0, 0.1) is 5.92 Å². The highest BCUT2D eigenvalue weighted by atomic mass is 32.1. The van der Waals surface area contributed by atoms with Crippen molar-refractivity contribution in [1.82, 2.24) is 9.80 Å². The minimum Gasteiger partial charge on any atom is -0.497 e. The molecule has 1 aliphatic rings. The largest absolute Gasteiger partial charge is 0.497 e. The number of hydrogen-bond acceptors (Lipinski definition) is 5. The van der Waals surface area contributed by atoms with E-state index >= 15 is 0 Å². The first kappa shape index (κ1) is 23.0. The lowest BCUT2D eigenvalue weighted by Crippen LogP contribution is -3.06. The van der Waals surface area contributed by atoms with Crippen molar-refractivity contribution >= 4 is 34.9 Å². The predicted octanol–water partition coefficient (Wildman–Crippen LogP) is 0.953. The van der Waals surface area contributed by atoms with E-state index in [1.807, 2.05) is 38.1 Å². The van der Waals surface area contributed by atoms with Crippen LogP contribution >= 0.6 is 12.2 Å². The molecule has 0 radical (unpaired) electrons. The summed E-state index contributed by atoms with van der Waals surface area (Å²) in [6, 6.07) is 7.99. The van der Waals surface area contributed by atoms with Crippen LogP contribution in [0.2, 0.25) is 0 Å². The fourth-order valence-corrected chi connectivity index (χ4v) is 3.91. The summed E-state index contributed by atoms with van der Waals surface area (Å²) in [7, 11) is 5.76. The molecule has 1 aromatic carbocycles. The van der Waals surface area contributed by atoms with E-state index in [0.29, 0.717) is 25.3 Å². The van der Waals surface area contributed by atoms with E-state index in [2.05, 4.69) is 19.1 Å². The number of carbonyl (C=O) groups is 2. The predicted molar refractivity (Wildman–Crippen MR) is 117 cm³/mol. The lowest BCUT2D eigenvalue weighted by Gasteiger charge is -2.38. The van der Waals surface area contributed by atoms with Crippen LogP contribution in [0.4, 0.5) is 0 Å². The molecule has 7 nitrogen and oxygen atoms in total. The third-order valence-corrected chi connectivity index (χ3v) is 5.72. The third-order valence-electron chi connectivity index (χ3n) is 5.28. The normalized spacial score (nSPS) is 17.3. The van der Waals surface area contributed by atoms with Gasteiger partial charge in [-0.05, 0) is 57.3 Å². The van der Waals surface area contributed by atoms with Gasteiger partial charge in [0.15, 0.2) is 11.0 Å². The first-order chi connectivity index (χ1) is 13.8. The van der Waals surface area contributed by atoms with Crippen molar-refractivity contribution in [1.29, 1.82) is 0 Å². The molecule has 1 fully saturated rings. The molecule has 0 saturated carbocycles. The fourth-order valence-electron chi connectivity index (χ4n) is 3.48. The van der Waals surface area contributed by atoms with E-state index in [9.17, 15) is 9.59 Å². The fraction of sp³-hybridized carbons (Fsp3) is 0.524. The highest BCUT2D eigenvalue weighted by Crippen LogP contribution is 2.21. The highest BCUT2D eigenvalue weighted by Gasteiger charge is 2.43. The maximum absolute atomic E-state index is 12.9. The van der Waals surface area contributed by atoms with Gasteiger partial charge in [-0.25, -0.2) is 0 Å². The van der Waals surface area contributed by atoms with Crippen LogP contribution in [-0.2, 0) is 9.59 Å². The van der Waals surface area contributed by atoms with E-state index in [4.69, 9.17) is 17.0 Å². The number of amides is 2. The van der Waals surface area contributed by atoms with Crippen molar-refractivity contribution in [3.63, 3.8) is 0 Å². The Kier molecular flexibility index (Phi) is 7.87. The molecule has 1 saturated heterocycles. The third kappa shape index (κ3) is 4.82. The second kappa shape index (κ2) is 9.93. The topological polar surface area (TPSA) is 66.7 Å². The maximum Gasteiger partial charge on any atom is 0.247 e. The summed E-state index contributed by atoms with van der Waals surface area (Å²) in [6.45, 7) is 6.80. The van der Waals surface area contributed by atoms with Crippen LogP contribution in [0.5, 0.6) is 5.75 Å². The number of quaternary nitrogens is 1. The van der Waals surface area contributed by atoms with Gasteiger partial charge in [0.1, 0.15) is 11.8 Å². The summed E-state index contributed by atoms with van der Waals surface area (Å²) in [6.07, 6.45) is 0. The Morgan fingerprint density at radius 1 is 1.14 bits per heavy atom. The van der Waals surface area contributed by atoms with Gasteiger partial charge in [0, 0.05) is 24.4 Å². The van der Waals surface area contributed by atoms with E-state index in [1.54, 1.807) is 14.0 Å². The van der Waals surface area contributed by atoms with Crippen LogP contribution in [0.1, 0.15) is 32.4 Å². The Labute approximate surface area is 178 Å². The molecule has 0 unspecified atom stereocenters. The molecule has 1 atom stereocenters. The first-order valence-electron chi connectivity index (χ1n) is 9.88. The van der Waals surface area contributed by atoms with Crippen LogP contribution in [-0.4, -0.2) is 73.3 Å². The Balaban J connectivity index is 2.27. The number of likely N-dealkylation sites (N-methyl/N-ethyl adjacent to an activating group) is 1. The molecule has 0 aromatic heterocycles. The molecule has 0 bridgehead atoms. The van der Waals surface area contributed by atoms with Gasteiger partial charge < -0.3 is 9.64 Å². The van der Waals surface area contributed by atoms with Crippen LogP contribution in [0.25, 0.3) is 0 Å². The highest BCUT2D eigenvalue weighted by molar-refractivity contribution is 7.80. The van der Waals surface area contributed by atoms with Crippen LogP contribution in [0.3, 0.4) is 0 Å². The summed E-state index contributed by atoms with van der Waals surface area (Å²) in [5, 5.41) is 0.280. The number of nitrogens with one attached hydrogen (secondary N) is 1.